The van der Waals surface area contributed by atoms with Crippen molar-refractivity contribution in [1.82, 2.24) is 4.90 Å². The zero-order valence-electron chi connectivity index (χ0n) is 7.24. The predicted molar refractivity (Wildman–Crippen MR) is 49.5 cm³/mol. The van der Waals surface area contributed by atoms with Crippen LogP contribution in [0.4, 0.5) is 4.79 Å². The summed E-state index contributed by atoms with van der Waals surface area (Å²) in [5, 5.41) is 0.782. The lowest BCUT2D eigenvalue weighted by Gasteiger charge is -2.14. The predicted octanol–water partition coefficient (Wildman–Crippen LogP) is 1.18. The summed E-state index contributed by atoms with van der Waals surface area (Å²) < 4.78 is 4.60. The molecule has 4 nitrogen and oxygen atoms in total. The SMILES string of the molecule is CCSC1=NCCN1C(=O)OC. The normalized spacial score (nSPS) is 16.2. The Hall–Kier alpha value is -0.710. The Balaban J connectivity index is 2.55. The average Bonchev–Trinajstić information content (AvgIpc) is 2.52. The number of hydrogen-bond donors (Lipinski definition) is 0. The van der Waals surface area contributed by atoms with Gasteiger partial charge in [0, 0.05) is 0 Å². The molecule has 0 aliphatic carbocycles. The number of amides is 1. The van der Waals surface area contributed by atoms with Crippen molar-refractivity contribution in [1.29, 1.82) is 0 Å². The Labute approximate surface area is 76.0 Å². The molecule has 0 N–H and O–H groups in total. The Bertz CT molecular complexity index is 206. The fraction of sp³-hybridized carbons (Fsp3) is 0.714. The molecule has 0 aromatic rings. The Morgan fingerprint density at radius 3 is 3.17 bits per heavy atom. The number of amidine groups is 1. The van der Waals surface area contributed by atoms with Gasteiger partial charge in [-0.15, -0.1) is 0 Å². The van der Waals surface area contributed by atoms with Crippen molar-refractivity contribution in [2.75, 3.05) is 26.0 Å². The maximum atomic E-state index is 11.1. The van der Waals surface area contributed by atoms with Gasteiger partial charge in [-0.1, -0.05) is 18.7 Å². The second-order valence-electron chi connectivity index (χ2n) is 2.22. The molecular weight excluding hydrogens is 176 g/mol. The Kier molecular flexibility index (Phi) is 3.40. The topological polar surface area (TPSA) is 41.9 Å². The Morgan fingerprint density at radius 1 is 1.83 bits per heavy atom. The molecule has 0 saturated carbocycles. The molecule has 0 fully saturated rings. The van der Waals surface area contributed by atoms with Crippen molar-refractivity contribution in [2.24, 2.45) is 4.99 Å². The molecule has 5 heteroatoms. The van der Waals surface area contributed by atoms with Crippen LogP contribution in [0.15, 0.2) is 4.99 Å². The van der Waals surface area contributed by atoms with E-state index in [-0.39, 0.29) is 6.09 Å². The molecule has 1 rings (SSSR count). The van der Waals surface area contributed by atoms with E-state index in [4.69, 9.17) is 0 Å². The van der Waals surface area contributed by atoms with Crippen molar-refractivity contribution in [3.63, 3.8) is 0 Å². The first-order chi connectivity index (χ1) is 5.79. The van der Waals surface area contributed by atoms with Gasteiger partial charge in [-0.2, -0.15) is 0 Å². The van der Waals surface area contributed by atoms with Crippen LogP contribution in [0, 0.1) is 0 Å². The fourth-order valence-electron chi connectivity index (χ4n) is 0.959. The van der Waals surface area contributed by atoms with Crippen LogP contribution in [0.2, 0.25) is 0 Å². The van der Waals surface area contributed by atoms with E-state index in [0.29, 0.717) is 13.1 Å². The highest BCUT2D eigenvalue weighted by Gasteiger charge is 2.23. The monoisotopic (exact) mass is 188 g/mol. The average molecular weight is 188 g/mol. The van der Waals surface area contributed by atoms with Gasteiger partial charge >= 0.3 is 6.09 Å². The van der Waals surface area contributed by atoms with Crippen molar-refractivity contribution in [3.05, 3.63) is 0 Å². The van der Waals surface area contributed by atoms with Gasteiger partial charge in [-0.25, -0.2) is 4.79 Å². The second-order valence-corrected chi connectivity index (χ2v) is 3.45. The molecule has 0 aromatic heterocycles. The van der Waals surface area contributed by atoms with E-state index in [0.717, 1.165) is 10.9 Å². The van der Waals surface area contributed by atoms with Gasteiger partial charge in [-0.05, 0) is 5.75 Å². The van der Waals surface area contributed by atoms with E-state index in [1.807, 2.05) is 6.92 Å². The minimum Gasteiger partial charge on any atom is -0.452 e. The zero-order chi connectivity index (χ0) is 8.97. The van der Waals surface area contributed by atoms with Gasteiger partial charge in [0.25, 0.3) is 0 Å². The minimum absolute atomic E-state index is 0.313. The largest absolute Gasteiger partial charge is 0.452 e. The highest BCUT2D eigenvalue weighted by atomic mass is 32.2. The number of carbonyl (C=O) groups excluding carboxylic acids is 1. The molecule has 0 atom stereocenters. The van der Waals surface area contributed by atoms with Crippen LogP contribution in [-0.2, 0) is 4.74 Å². The molecule has 1 aliphatic rings. The van der Waals surface area contributed by atoms with E-state index in [9.17, 15) is 4.79 Å². The summed E-state index contributed by atoms with van der Waals surface area (Å²) in [7, 11) is 1.38. The van der Waals surface area contributed by atoms with Crippen LogP contribution in [0.1, 0.15) is 6.92 Å². The molecular formula is C7H12N2O2S. The number of aliphatic imine (C=N–C) groups is 1. The fourth-order valence-corrected chi connectivity index (χ4v) is 1.72. The first-order valence-electron chi connectivity index (χ1n) is 3.82. The summed E-state index contributed by atoms with van der Waals surface area (Å²) in [5.41, 5.74) is 0. The maximum Gasteiger partial charge on any atom is 0.415 e. The standard InChI is InChI=1S/C7H12N2O2S/c1-3-12-6-8-4-5-9(6)7(10)11-2/h3-5H2,1-2H3. The number of nitrogens with zero attached hydrogens (tertiary/aromatic N) is 2. The zero-order valence-corrected chi connectivity index (χ0v) is 8.06. The third-order valence-electron chi connectivity index (χ3n) is 1.47. The van der Waals surface area contributed by atoms with E-state index in [2.05, 4.69) is 9.73 Å². The second kappa shape index (κ2) is 4.35. The maximum absolute atomic E-state index is 11.1. The molecule has 1 heterocycles. The number of methoxy groups -OCH3 is 1. The summed E-state index contributed by atoms with van der Waals surface area (Å²) in [6.45, 7) is 3.37. The molecule has 12 heavy (non-hydrogen) atoms. The van der Waals surface area contributed by atoms with Gasteiger partial charge in [0.2, 0.25) is 0 Å². The number of hydrogen-bond acceptors (Lipinski definition) is 4. The van der Waals surface area contributed by atoms with E-state index < -0.39 is 0 Å². The van der Waals surface area contributed by atoms with E-state index in [1.54, 1.807) is 16.7 Å². The summed E-state index contributed by atoms with van der Waals surface area (Å²) in [5.74, 6) is 0.923. The molecule has 0 radical (unpaired) electrons. The summed E-state index contributed by atoms with van der Waals surface area (Å²) in [4.78, 5) is 16.9. The first kappa shape index (κ1) is 9.38. The summed E-state index contributed by atoms with van der Waals surface area (Å²) in [6, 6.07) is 0. The molecule has 1 aliphatic heterocycles. The lowest BCUT2D eigenvalue weighted by Crippen LogP contribution is -2.32. The molecule has 1 amide bonds. The molecule has 0 aromatic carbocycles. The molecule has 68 valence electrons. The minimum atomic E-state index is -0.313. The van der Waals surface area contributed by atoms with E-state index >= 15 is 0 Å². The smallest absolute Gasteiger partial charge is 0.415 e. The van der Waals surface area contributed by atoms with Gasteiger partial charge in [0.1, 0.15) is 0 Å². The van der Waals surface area contributed by atoms with Crippen molar-refractivity contribution in [2.45, 2.75) is 6.92 Å². The first-order valence-corrected chi connectivity index (χ1v) is 4.81. The molecule has 0 saturated heterocycles. The van der Waals surface area contributed by atoms with Crippen molar-refractivity contribution < 1.29 is 9.53 Å². The lowest BCUT2D eigenvalue weighted by molar-refractivity contribution is 0.149. The number of ether oxygens (including phenoxy) is 1. The van der Waals surface area contributed by atoms with Crippen LogP contribution in [0.25, 0.3) is 0 Å². The van der Waals surface area contributed by atoms with Gasteiger partial charge in [0.05, 0.1) is 20.2 Å². The van der Waals surface area contributed by atoms with Gasteiger partial charge in [-0.3, -0.25) is 9.89 Å². The van der Waals surface area contributed by atoms with Gasteiger partial charge < -0.3 is 4.74 Å². The van der Waals surface area contributed by atoms with Crippen LogP contribution in [0.3, 0.4) is 0 Å². The van der Waals surface area contributed by atoms with E-state index in [1.165, 1.54) is 7.11 Å². The van der Waals surface area contributed by atoms with Crippen LogP contribution < -0.4 is 0 Å². The van der Waals surface area contributed by atoms with Crippen molar-refractivity contribution in [3.8, 4) is 0 Å². The summed E-state index contributed by atoms with van der Waals surface area (Å²) in [6.07, 6.45) is -0.313. The molecule has 0 unspecified atom stereocenters. The third kappa shape index (κ3) is 1.91. The van der Waals surface area contributed by atoms with Crippen LogP contribution in [0.5, 0.6) is 0 Å². The third-order valence-corrected chi connectivity index (χ3v) is 2.37. The quantitative estimate of drug-likeness (QED) is 0.620. The lowest BCUT2D eigenvalue weighted by atomic mass is 10.6. The Morgan fingerprint density at radius 2 is 2.58 bits per heavy atom. The van der Waals surface area contributed by atoms with Gasteiger partial charge in [0.15, 0.2) is 5.17 Å². The number of thioether (sulfide) groups is 1. The van der Waals surface area contributed by atoms with Crippen LogP contribution in [-0.4, -0.2) is 42.1 Å². The van der Waals surface area contributed by atoms with Crippen LogP contribution >= 0.6 is 11.8 Å². The highest BCUT2D eigenvalue weighted by molar-refractivity contribution is 8.13. The highest BCUT2D eigenvalue weighted by Crippen LogP contribution is 2.14. The molecule has 0 spiro atoms. The molecule has 0 bridgehead atoms. The number of carbonyl (C=O) groups is 1. The van der Waals surface area contributed by atoms with Crippen molar-refractivity contribution >= 4 is 23.0 Å². The summed E-state index contributed by atoms with van der Waals surface area (Å²) >= 11 is 1.57. The number of rotatable bonds is 1.